The van der Waals surface area contributed by atoms with Crippen molar-refractivity contribution in [3.8, 4) is 11.3 Å². The number of carbonyl (C=O) groups is 2. The monoisotopic (exact) mass is 603 g/mol. The van der Waals surface area contributed by atoms with Crippen LogP contribution in [0, 0.1) is 0 Å². The number of likely N-dealkylation sites (tertiary alicyclic amines) is 1. The molecular formula is C31H31F2N7O4. The highest BCUT2D eigenvalue weighted by molar-refractivity contribution is 6.06. The summed E-state index contributed by atoms with van der Waals surface area (Å²) in [6.07, 6.45) is 3.15. The van der Waals surface area contributed by atoms with Crippen molar-refractivity contribution >= 4 is 41.2 Å². The van der Waals surface area contributed by atoms with E-state index < -0.39 is 5.92 Å². The van der Waals surface area contributed by atoms with Gasteiger partial charge in [-0.15, -0.1) is 5.10 Å². The predicted octanol–water partition coefficient (Wildman–Crippen LogP) is 4.60. The number of piperidine rings is 1. The van der Waals surface area contributed by atoms with Crippen molar-refractivity contribution in [3.63, 3.8) is 0 Å². The van der Waals surface area contributed by atoms with Gasteiger partial charge in [-0.2, -0.15) is 5.10 Å². The fourth-order valence-corrected chi connectivity index (χ4v) is 4.90. The molecule has 11 nitrogen and oxygen atoms in total. The number of fused-ring (bicyclic) bond motifs is 1. The quantitative estimate of drug-likeness (QED) is 0.161. The SMILES string of the molecule is C=N/N=C(\OC)c1cc(-c2ccc(C(=O)N3CCC(F)(F)CC3)cn2)cc2cc(CNC(=O)CCc3ccc(N)nc3)oc12. The highest BCUT2D eigenvalue weighted by Crippen LogP contribution is 2.31. The molecule has 1 saturated heterocycles. The Morgan fingerprint density at radius 3 is 2.59 bits per heavy atom. The van der Waals surface area contributed by atoms with Crippen LogP contribution in [0.2, 0.25) is 0 Å². The molecule has 1 aliphatic heterocycles. The first-order valence-electron chi connectivity index (χ1n) is 13.9. The zero-order chi connectivity index (χ0) is 31.3. The Morgan fingerprint density at radius 1 is 1.14 bits per heavy atom. The number of nitrogens with one attached hydrogen (secondary N) is 1. The van der Waals surface area contributed by atoms with E-state index in [-0.39, 0.29) is 56.6 Å². The van der Waals surface area contributed by atoms with Gasteiger partial charge in [-0.05, 0) is 48.4 Å². The van der Waals surface area contributed by atoms with E-state index in [9.17, 15) is 18.4 Å². The summed E-state index contributed by atoms with van der Waals surface area (Å²) in [6.45, 7) is 3.55. The first-order valence-corrected chi connectivity index (χ1v) is 13.9. The Labute approximate surface area is 251 Å². The number of anilines is 1. The summed E-state index contributed by atoms with van der Waals surface area (Å²) in [7, 11) is 1.44. The van der Waals surface area contributed by atoms with E-state index in [1.807, 2.05) is 12.1 Å². The number of amides is 2. The summed E-state index contributed by atoms with van der Waals surface area (Å²) in [5.41, 5.74) is 8.99. The molecule has 0 spiro atoms. The minimum atomic E-state index is -2.74. The number of nitrogens with two attached hydrogens (primary N) is 1. The number of methoxy groups -OCH3 is 1. The lowest BCUT2D eigenvalue weighted by atomic mass is 10.0. The van der Waals surface area contributed by atoms with E-state index in [4.69, 9.17) is 14.9 Å². The summed E-state index contributed by atoms with van der Waals surface area (Å²) < 4.78 is 38.6. The maximum Gasteiger partial charge on any atom is 0.255 e. The number of aryl methyl sites for hydroxylation is 1. The van der Waals surface area contributed by atoms with Crippen molar-refractivity contribution in [1.29, 1.82) is 0 Å². The van der Waals surface area contributed by atoms with Crippen molar-refractivity contribution < 1.29 is 27.5 Å². The summed E-state index contributed by atoms with van der Waals surface area (Å²) in [6, 6.07) is 12.2. The summed E-state index contributed by atoms with van der Waals surface area (Å²) >= 11 is 0. The molecule has 0 saturated carbocycles. The number of hydrogen-bond donors (Lipinski definition) is 2. The maximum atomic E-state index is 13.5. The number of halogens is 2. The molecule has 0 aliphatic carbocycles. The van der Waals surface area contributed by atoms with E-state index in [1.54, 1.807) is 36.5 Å². The van der Waals surface area contributed by atoms with Crippen molar-refractivity contribution in [3.05, 3.63) is 77.3 Å². The van der Waals surface area contributed by atoms with Crippen molar-refractivity contribution in [2.24, 2.45) is 10.2 Å². The molecule has 4 heterocycles. The molecule has 1 fully saturated rings. The van der Waals surface area contributed by atoms with E-state index >= 15 is 0 Å². The van der Waals surface area contributed by atoms with Crippen molar-refractivity contribution in [2.75, 3.05) is 25.9 Å². The van der Waals surface area contributed by atoms with Gasteiger partial charge in [0.1, 0.15) is 17.2 Å². The van der Waals surface area contributed by atoms with Crippen LogP contribution < -0.4 is 11.1 Å². The van der Waals surface area contributed by atoms with Crippen LogP contribution in [0.1, 0.15) is 46.5 Å². The topological polar surface area (TPSA) is 148 Å². The second kappa shape index (κ2) is 13.0. The number of furan rings is 1. The number of ether oxygens (including phenoxy) is 1. The molecule has 3 N–H and O–H groups in total. The average Bonchev–Trinajstić information content (AvgIpc) is 3.45. The van der Waals surface area contributed by atoms with Gasteiger partial charge in [0.05, 0.1) is 30.5 Å². The molecule has 3 aromatic heterocycles. The third-order valence-electron chi connectivity index (χ3n) is 7.29. The minimum Gasteiger partial charge on any atom is -0.479 e. The lowest BCUT2D eigenvalue weighted by Gasteiger charge is -2.31. The zero-order valence-corrected chi connectivity index (χ0v) is 24.1. The maximum absolute atomic E-state index is 13.5. The number of carbonyl (C=O) groups excluding carboxylic acids is 2. The van der Waals surface area contributed by atoms with E-state index in [0.717, 1.165) is 5.56 Å². The molecule has 13 heteroatoms. The Bertz CT molecular complexity index is 1690. The lowest BCUT2D eigenvalue weighted by molar-refractivity contribution is -0.121. The van der Waals surface area contributed by atoms with Gasteiger partial charge in [-0.3, -0.25) is 14.6 Å². The number of nitrogens with zero attached hydrogens (tertiary/aromatic N) is 5. The predicted molar refractivity (Wildman–Crippen MR) is 161 cm³/mol. The number of aromatic nitrogens is 2. The van der Waals surface area contributed by atoms with Gasteiger partial charge in [-0.25, -0.2) is 13.8 Å². The average molecular weight is 604 g/mol. The van der Waals surface area contributed by atoms with Crippen LogP contribution in [0.15, 0.2) is 69.5 Å². The van der Waals surface area contributed by atoms with Crippen molar-refractivity contribution in [2.45, 2.75) is 38.2 Å². The molecule has 0 unspecified atom stereocenters. The first kappa shape index (κ1) is 30.3. The molecule has 1 aromatic carbocycles. The summed E-state index contributed by atoms with van der Waals surface area (Å²) in [4.78, 5) is 35.3. The van der Waals surface area contributed by atoms with Crippen LogP contribution in [0.5, 0.6) is 0 Å². The lowest BCUT2D eigenvalue weighted by Crippen LogP contribution is -2.42. The molecule has 228 valence electrons. The van der Waals surface area contributed by atoms with Gasteiger partial charge in [-0.1, -0.05) is 6.07 Å². The molecular weight excluding hydrogens is 572 g/mol. The minimum absolute atomic E-state index is 0.00653. The fourth-order valence-electron chi connectivity index (χ4n) is 4.90. The van der Waals surface area contributed by atoms with Crippen LogP contribution >= 0.6 is 0 Å². The van der Waals surface area contributed by atoms with Crippen LogP contribution in [0.25, 0.3) is 22.2 Å². The molecule has 0 bridgehead atoms. The van der Waals surface area contributed by atoms with E-state index in [1.165, 1.54) is 18.2 Å². The van der Waals surface area contributed by atoms with Gasteiger partial charge in [0.25, 0.3) is 11.8 Å². The Hall–Kier alpha value is -5.20. The van der Waals surface area contributed by atoms with Gasteiger partial charge >= 0.3 is 0 Å². The van der Waals surface area contributed by atoms with Crippen LogP contribution in [-0.2, 0) is 22.5 Å². The summed E-state index contributed by atoms with van der Waals surface area (Å²) in [5, 5.41) is 11.1. The van der Waals surface area contributed by atoms with Gasteiger partial charge in [0.15, 0.2) is 0 Å². The molecule has 5 rings (SSSR count). The largest absolute Gasteiger partial charge is 0.479 e. The normalized spacial score (nSPS) is 14.8. The third-order valence-corrected chi connectivity index (χ3v) is 7.29. The van der Waals surface area contributed by atoms with Crippen LogP contribution in [0.4, 0.5) is 14.6 Å². The van der Waals surface area contributed by atoms with Gasteiger partial charge < -0.3 is 25.1 Å². The highest BCUT2D eigenvalue weighted by Gasteiger charge is 2.35. The van der Waals surface area contributed by atoms with Crippen molar-refractivity contribution in [1.82, 2.24) is 20.2 Å². The number of alkyl halides is 2. The smallest absolute Gasteiger partial charge is 0.255 e. The zero-order valence-electron chi connectivity index (χ0n) is 24.1. The number of benzene rings is 1. The van der Waals surface area contributed by atoms with Gasteiger partial charge in [0.2, 0.25) is 11.8 Å². The number of rotatable bonds is 9. The number of pyridine rings is 2. The summed E-state index contributed by atoms with van der Waals surface area (Å²) in [5.74, 6) is -2.16. The first-order chi connectivity index (χ1) is 21.2. The molecule has 1 aliphatic rings. The molecule has 0 radical (unpaired) electrons. The van der Waals surface area contributed by atoms with Gasteiger partial charge in [0, 0.05) is 62.4 Å². The van der Waals surface area contributed by atoms with Crippen LogP contribution in [-0.4, -0.2) is 65.4 Å². The number of hydrogen-bond acceptors (Lipinski definition) is 9. The molecule has 44 heavy (non-hydrogen) atoms. The van der Waals surface area contributed by atoms with Crippen LogP contribution in [0.3, 0.4) is 0 Å². The Morgan fingerprint density at radius 2 is 1.93 bits per heavy atom. The molecule has 4 aromatic rings. The Balaban J connectivity index is 1.35. The van der Waals surface area contributed by atoms with E-state index in [0.29, 0.717) is 51.4 Å². The fraction of sp³-hybridized carbons (Fsp3) is 0.290. The molecule has 2 amide bonds. The van der Waals surface area contributed by atoms with E-state index in [2.05, 4.69) is 32.2 Å². The second-order valence-electron chi connectivity index (χ2n) is 10.4. The number of nitrogen functional groups attached to an aromatic ring is 1. The highest BCUT2D eigenvalue weighted by atomic mass is 19.3. The Kier molecular flexibility index (Phi) is 8.93. The molecule has 0 atom stereocenters. The third kappa shape index (κ3) is 7.05. The standard InChI is InChI=1S/C31H31F2N7O4/c1-35-39-29(43-2)24-15-21(25-6-5-20(17-36-25)30(42)40-11-9-31(32,33)10-12-40)13-22-14-23(44-28(22)24)18-38-27(41)8-4-19-3-7-26(34)37-16-19/h3,5-7,13-17H,1,4,8-12,18H2,2H3,(H2,34,37)(H,38,41)/b39-29-. The second-order valence-corrected chi connectivity index (χ2v) is 10.4.